The monoisotopic (exact) mass is 421 g/mol. The maximum absolute atomic E-state index is 13.1. The number of hydrogen-bond acceptors (Lipinski definition) is 4. The normalized spacial score (nSPS) is 16.6. The number of nitrogens with zero attached hydrogens (tertiary/aromatic N) is 3. The molecule has 0 N–H and O–H groups in total. The molecular formula is C24H27N3O2S. The van der Waals surface area contributed by atoms with Gasteiger partial charge in [-0.1, -0.05) is 29.3 Å². The van der Waals surface area contributed by atoms with Crippen molar-refractivity contribution in [3.05, 3.63) is 64.2 Å². The molecule has 4 rings (SSSR count). The number of rotatable bonds is 4. The number of carbonyl (C=O) groups excluding carboxylic acids is 2. The summed E-state index contributed by atoms with van der Waals surface area (Å²) in [4.78, 5) is 34.4. The summed E-state index contributed by atoms with van der Waals surface area (Å²) in [6.45, 7) is 5.69. The van der Waals surface area contributed by atoms with E-state index >= 15 is 0 Å². The van der Waals surface area contributed by atoms with Crippen molar-refractivity contribution in [2.45, 2.75) is 33.2 Å². The number of aryl methyl sites for hydroxylation is 2. The minimum absolute atomic E-state index is 0.0214. The molecule has 0 aliphatic carbocycles. The molecule has 0 unspecified atom stereocenters. The van der Waals surface area contributed by atoms with Crippen LogP contribution in [0.5, 0.6) is 0 Å². The second-order valence-corrected chi connectivity index (χ2v) is 9.35. The van der Waals surface area contributed by atoms with Crippen LogP contribution in [0.15, 0.2) is 42.5 Å². The van der Waals surface area contributed by atoms with Crippen molar-refractivity contribution in [1.82, 2.24) is 14.8 Å². The van der Waals surface area contributed by atoms with E-state index in [0.717, 1.165) is 39.2 Å². The van der Waals surface area contributed by atoms with Gasteiger partial charge in [0.15, 0.2) is 0 Å². The quantitative estimate of drug-likeness (QED) is 0.626. The van der Waals surface area contributed by atoms with Crippen LogP contribution in [0.2, 0.25) is 0 Å². The van der Waals surface area contributed by atoms with E-state index in [1.807, 2.05) is 56.1 Å². The van der Waals surface area contributed by atoms with E-state index in [2.05, 4.69) is 17.1 Å². The Kier molecular flexibility index (Phi) is 5.86. The Morgan fingerprint density at radius 3 is 2.63 bits per heavy atom. The molecule has 2 amide bonds. The lowest BCUT2D eigenvalue weighted by Gasteiger charge is -2.34. The van der Waals surface area contributed by atoms with E-state index < -0.39 is 0 Å². The largest absolute Gasteiger partial charge is 0.339 e. The van der Waals surface area contributed by atoms with E-state index in [1.54, 1.807) is 16.2 Å². The molecule has 1 atom stereocenters. The van der Waals surface area contributed by atoms with Crippen LogP contribution < -0.4 is 0 Å². The standard InChI is InChI=1S/C24H27N3O2S/c1-16-11-17(2)13-19(12-16)24(29)27-10-6-7-18(14-27)23(28)26(3)15-22-25-20-8-4-5-9-21(20)30-22/h4-5,8-9,11-13,18H,6-7,10,14-15H2,1-3H3/t18-/m1/s1. The van der Waals surface area contributed by atoms with Crippen LogP contribution in [0, 0.1) is 19.8 Å². The van der Waals surface area contributed by atoms with E-state index in [1.165, 1.54) is 0 Å². The van der Waals surface area contributed by atoms with Crippen molar-refractivity contribution in [2.24, 2.45) is 5.92 Å². The van der Waals surface area contributed by atoms with Crippen molar-refractivity contribution < 1.29 is 9.59 Å². The highest BCUT2D eigenvalue weighted by Gasteiger charge is 2.31. The second-order valence-electron chi connectivity index (χ2n) is 8.24. The lowest BCUT2D eigenvalue weighted by Crippen LogP contribution is -2.45. The molecule has 2 heterocycles. The number of likely N-dealkylation sites (tertiary alicyclic amines) is 1. The van der Waals surface area contributed by atoms with Crippen molar-refractivity contribution in [3.63, 3.8) is 0 Å². The van der Waals surface area contributed by atoms with Gasteiger partial charge in [-0.25, -0.2) is 4.98 Å². The van der Waals surface area contributed by atoms with Gasteiger partial charge in [-0.15, -0.1) is 11.3 Å². The fourth-order valence-corrected chi connectivity index (χ4v) is 5.24. The highest BCUT2D eigenvalue weighted by molar-refractivity contribution is 7.18. The molecule has 1 aliphatic heterocycles. The zero-order valence-electron chi connectivity index (χ0n) is 17.7. The summed E-state index contributed by atoms with van der Waals surface area (Å²) in [6, 6.07) is 14.0. The van der Waals surface area contributed by atoms with Crippen LogP contribution in [0.1, 0.15) is 39.3 Å². The molecule has 1 aliphatic rings. The van der Waals surface area contributed by atoms with Gasteiger partial charge < -0.3 is 9.80 Å². The first-order chi connectivity index (χ1) is 14.4. The summed E-state index contributed by atoms with van der Waals surface area (Å²) in [7, 11) is 1.83. The molecule has 156 valence electrons. The Morgan fingerprint density at radius 1 is 1.17 bits per heavy atom. The number of aromatic nitrogens is 1. The van der Waals surface area contributed by atoms with Gasteiger partial charge in [0.2, 0.25) is 5.91 Å². The Labute approximate surface area is 181 Å². The third-order valence-electron chi connectivity index (χ3n) is 5.61. The number of hydrogen-bond donors (Lipinski definition) is 0. The van der Waals surface area contributed by atoms with Gasteiger partial charge >= 0.3 is 0 Å². The molecule has 0 radical (unpaired) electrons. The summed E-state index contributed by atoms with van der Waals surface area (Å²) in [6.07, 6.45) is 1.67. The molecule has 1 aromatic heterocycles. The van der Waals surface area contributed by atoms with Gasteiger partial charge in [-0.05, 0) is 51.0 Å². The summed E-state index contributed by atoms with van der Waals surface area (Å²) in [5, 5.41) is 0.936. The zero-order valence-corrected chi connectivity index (χ0v) is 18.5. The number of amides is 2. The highest BCUT2D eigenvalue weighted by Crippen LogP contribution is 2.25. The first kappa shape index (κ1) is 20.5. The van der Waals surface area contributed by atoms with E-state index in [9.17, 15) is 9.59 Å². The van der Waals surface area contributed by atoms with Crippen molar-refractivity contribution >= 4 is 33.4 Å². The Hall–Kier alpha value is -2.73. The van der Waals surface area contributed by atoms with E-state index in [0.29, 0.717) is 25.2 Å². The molecule has 0 bridgehead atoms. The van der Waals surface area contributed by atoms with Gasteiger partial charge in [0.05, 0.1) is 22.7 Å². The molecule has 5 nitrogen and oxygen atoms in total. The smallest absolute Gasteiger partial charge is 0.253 e. The van der Waals surface area contributed by atoms with Gasteiger partial charge in [0.25, 0.3) is 5.91 Å². The number of piperidine rings is 1. The van der Waals surface area contributed by atoms with Crippen molar-refractivity contribution in [2.75, 3.05) is 20.1 Å². The first-order valence-corrected chi connectivity index (χ1v) is 11.2. The van der Waals surface area contributed by atoms with Crippen molar-refractivity contribution in [3.8, 4) is 0 Å². The zero-order chi connectivity index (χ0) is 21.3. The molecule has 0 spiro atoms. The number of benzene rings is 2. The van der Waals surface area contributed by atoms with Gasteiger partial charge in [-0.2, -0.15) is 0 Å². The molecular weight excluding hydrogens is 394 g/mol. The third-order valence-corrected chi connectivity index (χ3v) is 6.63. The lowest BCUT2D eigenvalue weighted by atomic mass is 9.95. The number of fused-ring (bicyclic) bond motifs is 1. The number of thiazole rings is 1. The minimum Gasteiger partial charge on any atom is -0.339 e. The number of para-hydroxylation sites is 1. The molecule has 0 saturated carbocycles. The summed E-state index contributed by atoms with van der Waals surface area (Å²) in [5.74, 6) is -0.0479. The summed E-state index contributed by atoms with van der Waals surface area (Å²) >= 11 is 1.63. The predicted molar refractivity (Wildman–Crippen MR) is 121 cm³/mol. The molecule has 1 fully saturated rings. The SMILES string of the molecule is Cc1cc(C)cc(C(=O)N2CCC[C@@H](C(=O)N(C)Cc3nc4ccccc4s3)C2)c1. The third kappa shape index (κ3) is 4.38. The molecule has 30 heavy (non-hydrogen) atoms. The predicted octanol–water partition coefficient (Wildman–Crippen LogP) is 4.42. The average Bonchev–Trinajstić information content (AvgIpc) is 3.14. The van der Waals surface area contributed by atoms with E-state index in [4.69, 9.17) is 0 Å². The highest BCUT2D eigenvalue weighted by atomic mass is 32.1. The minimum atomic E-state index is -0.159. The molecule has 3 aromatic rings. The van der Waals surface area contributed by atoms with Crippen LogP contribution in [0.4, 0.5) is 0 Å². The Bertz CT molecular complexity index is 1040. The van der Waals surface area contributed by atoms with E-state index in [-0.39, 0.29) is 17.7 Å². The topological polar surface area (TPSA) is 53.5 Å². The van der Waals surface area contributed by atoms with Gasteiger partial charge in [0, 0.05) is 25.7 Å². The maximum Gasteiger partial charge on any atom is 0.253 e. The summed E-state index contributed by atoms with van der Waals surface area (Å²) < 4.78 is 1.14. The van der Waals surface area contributed by atoms with Crippen LogP contribution in [-0.4, -0.2) is 46.7 Å². The summed E-state index contributed by atoms with van der Waals surface area (Å²) in [5.41, 5.74) is 3.85. The van der Waals surface area contributed by atoms with Crippen LogP contribution in [-0.2, 0) is 11.3 Å². The van der Waals surface area contributed by atoms with Crippen LogP contribution >= 0.6 is 11.3 Å². The first-order valence-electron chi connectivity index (χ1n) is 10.4. The van der Waals surface area contributed by atoms with Crippen LogP contribution in [0.3, 0.4) is 0 Å². The maximum atomic E-state index is 13.1. The number of carbonyl (C=O) groups is 2. The lowest BCUT2D eigenvalue weighted by molar-refractivity contribution is -0.136. The molecule has 2 aromatic carbocycles. The van der Waals surface area contributed by atoms with Crippen molar-refractivity contribution in [1.29, 1.82) is 0 Å². The second kappa shape index (κ2) is 8.56. The fraction of sp³-hybridized carbons (Fsp3) is 0.375. The Morgan fingerprint density at radius 2 is 1.90 bits per heavy atom. The molecule has 1 saturated heterocycles. The van der Waals surface area contributed by atoms with Crippen LogP contribution in [0.25, 0.3) is 10.2 Å². The fourth-order valence-electron chi connectivity index (χ4n) is 4.22. The van der Waals surface area contributed by atoms with Gasteiger partial charge in [0.1, 0.15) is 5.01 Å². The average molecular weight is 422 g/mol. The molecule has 6 heteroatoms. The Balaban J connectivity index is 1.42. The van der Waals surface area contributed by atoms with Gasteiger partial charge in [-0.3, -0.25) is 9.59 Å².